The largest absolute Gasteiger partial charge is 0.464 e. The van der Waals surface area contributed by atoms with Crippen LogP contribution in [0.15, 0.2) is 0 Å². The fraction of sp³-hybridized carbons (Fsp3) is 0.824. The molecule has 138 valence electrons. The summed E-state index contributed by atoms with van der Waals surface area (Å²) in [6.07, 6.45) is -0.420. The van der Waals surface area contributed by atoms with Crippen molar-refractivity contribution in [2.24, 2.45) is 11.8 Å². The van der Waals surface area contributed by atoms with Gasteiger partial charge in [-0.1, -0.05) is 0 Å². The lowest BCUT2D eigenvalue weighted by atomic mass is 9.82. The molecule has 1 aliphatic rings. The van der Waals surface area contributed by atoms with Crippen molar-refractivity contribution in [3.05, 3.63) is 0 Å². The summed E-state index contributed by atoms with van der Waals surface area (Å²) in [6.45, 7) is 10.0. The number of hydrogen-bond donors (Lipinski definition) is 1. The van der Waals surface area contributed by atoms with Crippen molar-refractivity contribution >= 4 is 17.8 Å². The van der Waals surface area contributed by atoms with Crippen molar-refractivity contribution in [1.82, 2.24) is 4.90 Å². The molecule has 1 aliphatic heterocycles. The lowest BCUT2D eigenvalue weighted by Gasteiger charge is -2.31. The van der Waals surface area contributed by atoms with Crippen molar-refractivity contribution in [1.29, 1.82) is 0 Å². The molecule has 7 heteroatoms. The number of esters is 1. The fourth-order valence-electron chi connectivity index (χ4n) is 3.42. The third-order valence-corrected chi connectivity index (χ3v) is 4.19. The summed E-state index contributed by atoms with van der Waals surface area (Å²) in [5.41, 5.74) is -0.725. The van der Waals surface area contributed by atoms with E-state index >= 15 is 0 Å². The normalized spacial score (nSPS) is 27.0. The Bertz CT molecular complexity index is 484. The van der Waals surface area contributed by atoms with Gasteiger partial charge in [-0.3, -0.25) is 9.69 Å². The smallest absolute Gasteiger partial charge is 0.411 e. The molecule has 1 rings (SSSR count). The van der Waals surface area contributed by atoms with Gasteiger partial charge in [0.1, 0.15) is 17.4 Å². The van der Waals surface area contributed by atoms with Gasteiger partial charge in [-0.25, -0.2) is 9.59 Å². The Hall–Kier alpha value is -1.63. The van der Waals surface area contributed by atoms with E-state index in [0.29, 0.717) is 0 Å². The lowest BCUT2D eigenvalue weighted by molar-refractivity contribution is -0.150. The Morgan fingerprint density at radius 2 is 1.79 bits per heavy atom. The second-order valence-corrected chi connectivity index (χ2v) is 7.14. The summed E-state index contributed by atoms with van der Waals surface area (Å²) in [5, 5.41) is 9.36. The molecule has 0 saturated carbocycles. The van der Waals surface area contributed by atoms with E-state index in [1.807, 2.05) is 0 Å². The van der Waals surface area contributed by atoms with E-state index in [9.17, 15) is 19.5 Å². The molecule has 0 unspecified atom stereocenters. The molecule has 24 heavy (non-hydrogen) atoms. The summed E-state index contributed by atoms with van der Waals surface area (Å²) >= 11 is 0. The highest BCUT2D eigenvalue weighted by molar-refractivity contribution is 5.88. The van der Waals surface area contributed by atoms with Crippen LogP contribution in [0.5, 0.6) is 0 Å². The first-order valence-corrected chi connectivity index (χ1v) is 8.34. The van der Waals surface area contributed by atoms with Gasteiger partial charge in [-0.05, 0) is 48.0 Å². The van der Waals surface area contributed by atoms with Gasteiger partial charge < -0.3 is 14.6 Å². The average Bonchev–Trinajstić information content (AvgIpc) is 2.70. The predicted octanol–water partition coefficient (Wildman–Crippen LogP) is 1.76. The highest BCUT2D eigenvalue weighted by Crippen LogP contribution is 2.39. The van der Waals surface area contributed by atoms with Crippen LogP contribution in [0.2, 0.25) is 0 Å². The number of ether oxygens (including phenoxy) is 2. The maximum Gasteiger partial charge on any atom is 0.411 e. The summed E-state index contributed by atoms with van der Waals surface area (Å²) in [5.74, 6) is -1.73. The van der Waals surface area contributed by atoms with Crippen LogP contribution in [0.1, 0.15) is 48.0 Å². The first-order valence-electron chi connectivity index (χ1n) is 8.34. The molecule has 4 atom stereocenters. The standard InChI is InChI=1S/C17H29NO6/c1-7-23-15(21)14-12(8-9-19)13(11(3)20)10(2)18(14)16(22)24-17(4,5)6/h10,12-14,19H,7-9H2,1-6H3/t10-,12-,13+,14-/m0/s1. The zero-order valence-corrected chi connectivity index (χ0v) is 15.4. The topological polar surface area (TPSA) is 93.1 Å². The SMILES string of the molecule is CCOC(=O)[C@@H]1[C@@H](CCO)[C@@H](C(C)=O)[C@H](C)N1C(=O)OC(C)(C)C. The maximum absolute atomic E-state index is 12.6. The molecule has 1 fully saturated rings. The van der Waals surface area contributed by atoms with Gasteiger partial charge in [0.15, 0.2) is 0 Å². The molecule has 0 bridgehead atoms. The predicted molar refractivity (Wildman–Crippen MR) is 87.3 cm³/mol. The van der Waals surface area contributed by atoms with E-state index < -0.39 is 41.6 Å². The van der Waals surface area contributed by atoms with E-state index in [1.165, 1.54) is 11.8 Å². The molecular formula is C17H29NO6. The van der Waals surface area contributed by atoms with E-state index in [-0.39, 0.29) is 25.4 Å². The molecule has 0 aromatic heterocycles. The van der Waals surface area contributed by atoms with Crippen molar-refractivity contribution in [3.63, 3.8) is 0 Å². The van der Waals surface area contributed by atoms with Crippen LogP contribution in [0.4, 0.5) is 4.79 Å². The number of Topliss-reactive ketones (excluding diaryl/α,β-unsaturated/α-hetero) is 1. The molecule has 1 saturated heterocycles. The lowest BCUT2D eigenvalue weighted by Crippen LogP contribution is -2.48. The number of aliphatic hydroxyl groups is 1. The highest BCUT2D eigenvalue weighted by Gasteiger charge is 2.55. The Kier molecular flexibility index (Phi) is 6.77. The second-order valence-electron chi connectivity index (χ2n) is 7.14. The number of hydrogen-bond acceptors (Lipinski definition) is 6. The number of aliphatic hydroxyl groups excluding tert-OH is 1. The number of rotatable bonds is 5. The molecule has 1 heterocycles. The van der Waals surface area contributed by atoms with Crippen LogP contribution < -0.4 is 0 Å². The third kappa shape index (κ3) is 4.47. The number of carbonyl (C=O) groups is 3. The molecule has 7 nitrogen and oxygen atoms in total. The number of carbonyl (C=O) groups excluding carboxylic acids is 3. The molecule has 0 spiro atoms. The Morgan fingerprint density at radius 3 is 2.21 bits per heavy atom. The minimum Gasteiger partial charge on any atom is -0.464 e. The van der Waals surface area contributed by atoms with Crippen LogP contribution >= 0.6 is 0 Å². The summed E-state index contributed by atoms with van der Waals surface area (Å²) in [4.78, 5) is 38.5. The van der Waals surface area contributed by atoms with Crippen molar-refractivity contribution in [2.75, 3.05) is 13.2 Å². The van der Waals surface area contributed by atoms with Crippen LogP contribution in [0.3, 0.4) is 0 Å². The average molecular weight is 343 g/mol. The van der Waals surface area contributed by atoms with E-state index in [2.05, 4.69) is 0 Å². The van der Waals surface area contributed by atoms with E-state index in [0.717, 1.165) is 0 Å². The third-order valence-electron chi connectivity index (χ3n) is 4.19. The minimum atomic E-state index is -0.934. The van der Waals surface area contributed by atoms with Gasteiger partial charge in [-0.2, -0.15) is 0 Å². The number of ketones is 1. The Labute approximate surface area is 143 Å². The fourth-order valence-corrected chi connectivity index (χ4v) is 3.42. The van der Waals surface area contributed by atoms with Crippen molar-refractivity contribution < 1.29 is 29.0 Å². The monoisotopic (exact) mass is 343 g/mol. The molecule has 1 N–H and O–H groups in total. The Morgan fingerprint density at radius 1 is 1.21 bits per heavy atom. The first-order chi connectivity index (χ1) is 11.0. The zero-order chi connectivity index (χ0) is 18.7. The van der Waals surface area contributed by atoms with Crippen LogP contribution in [-0.2, 0) is 19.1 Å². The zero-order valence-electron chi connectivity index (χ0n) is 15.4. The van der Waals surface area contributed by atoms with Gasteiger partial charge in [-0.15, -0.1) is 0 Å². The van der Waals surface area contributed by atoms with Gasteiger partial charge in [0.05, 0.1) is 6.61 Å². The van der Waals surface area contributed by atoms with Gasteiger partial charge in [0, 0.05) is 24.5 Å². The summed E-state index contributed by atoms with van der Waals surface area (Å²) < 4.78 is 10.5. The molecule has 0 aliphatic carbocycles. The van der Waals surface area contributed by atoms with Crippen molar-refractivity contribution in [3.8, 4) is 0 Å². The maximum atomic E-state index is 12.6. The quantitative estimate of drug-likeness (QED) is 0.765. The van der Waals surface area contributed by atoms with E-state index in [1.54, 1.807) is 34.6 Å². The number of likely N-dealkylation sites (tertiary alicyclic amines) is 1. The number of nitrogens with zero attached hydrogens (tertiary/aromatic N) is 1. The van der Waals surface area contributed by atoms with Crippen LogP contribution in [0, 0.1) is 11.8 Å². The molecule has 0 radical (unpaired) electrons. The van der Waals surface area contributed by atoms with Gasteiger partial charge >= 0.3 is 12.1 Å². The van der Waals surface area contributed by atoms with Crippen LogP contribution in [0.25, 0.3) is 0 Å². The molecular weight excluding hydrogens is 314 g/mol. The molecule has 0 aromatic carbocycles. The van der Waals surface area contributed by atoms with E-state index in [4.69, 9.17) is 9.47 Å². The van der Waals surface area contributed by atoms with Crippen LogP contribution in [-0.4, -0.2) is 58.8 Å². The highest BCUT2D eigenvalue weighted by atomic mass is 16.6. The first kappa shape index (κ1) is 20.4. The van der Waals surface area contributed by atoms with Gasteiger partial charge in [0.25, 0.3) is 0 Å². The minimum absolute atomic E-state index is 0.124. The molecule has 1 amide bonds. The second kappa shape index (κ2) is 7.96. The van der Waals surface area contributed by atoms with Gasteiger partial charge in [0.2, 0.25) is 0 Å². The number of amides is 1. The summed E-state index contributed by atoms with van der Waals surface area (Å²) in [6, 6.07) is -1.45. The Balaban J connectivity index is 3.26. The molecule has 0 aromatic rings. The summed E-state index contributed by atoms with van der Waals surface area (Å²) in [7, 11) is 0. The van der Waals surface area contributed by atoms with Crippen molar-refractivity contribution in [2.45, 2.75) is 65.6 Å².